The van der Waals surface area contributed by atoms with E-state index in [1.807, 2.05) is 0 Å². The van der Waals surface area contributed by atoms with Crippen molar-refractivity contribution in [3.8, 4) is 0 Å². The number of carbonyl (C=O) groups is 3. The lowest BCUT2D eigenvalue weighted by Crippen LogP contribution is -2.30. The van der Waals surface area contributed by atoms with Gasteiger partial charge in [-0.25, -0.2) is 9.59 Å². The molecular formula is C13H17NO6. The third-order valence-electron chi connectivity index (χ3n) is 2.88. The largest absolute Gasteiger partial charge is 0.469 e. The van der Waals surface area contributed by atoms with Gasteiger partial charge in [0.15, 0.2) is 0 Å². The standard InChI is InChI=1S/C13H17NO6/c1-14-6-9(12(16)19-3)8(5-11(15)18-2)10(7-14)13(17)20-4/h6-8H,5H2,1-4H3. The summed E-state index contributed by atoms with van der Waals surface area (Å²) in [6.45, 7) is 0. The van der Waals surface area contributed by atoms with Crippen LogP contribution in [0.2, 0.25) is 0 Å². The average Bonchev–Trinajstić information content (AvgIpc) is 2.46. The first kappa shape index (κ1) is 15.7. The molecule has 0 radical (unpaired) electrons. The molecule has 0 N–H and O–H groups in total. The lowest BCUT2D eigenvalue weighted by atomic mass is 9.86. The van der Waals surface area contributed by atoms with E-state index in [4.69, 9.17) is 0 Å². The van der Waals surface area contributed by atoms with Crippen LogP contribution in [0.4, 0.5) is 0 Å². The molecule has 0 aliphatic carbocycles. The van der Waals surface area contributed by atoms with Crippen LogP contribution in [-0.2, 0) is 28.6 Å². The van der Waals surface area contributed by atoms with Gasteiger partial charge in [-0.1, -0.05) is 0 Å². The molecule has 0 amide bonds. The number of rotatable bonds is 4. The molecule has 0 saturated carbocycles. The summed E-state index contributed by atoms with van der Waals surface area (Å²) in [5.41, 5.74) is 0.395. The van der Waals surface area contributed by atoms with E-state index >= 15 is 0 Å². The van der Waals surface area contributed by atoms with Crippen LogP contribution >= 0.6 is 0 Å². The highest BCUT2D eigenvalue weighted by atomic mass is 16.5. The van der Waals surface area contributed by atoms with Crippen LogP contribution < -0.4 is 0 Å². The van der Waals surface area contributed by atoms with E-state index < -0.39 is 23.8 Å². The summed E-state index contributed by atoms with van der Waals surface area (Å²) in [7, 11) is 5.35. The molecule has 0 bridgehead atoms. The Balaban J connectivity index is 3.18. The minimum atomic E-state index is -0.751. The second kappa shape index (κ2) is 6.74. The molecular weight excluding hydrogens is 266 g/mol. The van der Waals surface area contributed by atoms with Gasteiger partial charge in [0.2, 0.25) is 0 Å². The van der Waals surface area contributed by atoms with E-state index in [0.717, 1.165) is 0 Å². The monoisotopic (exact) mass is 283 g/mol. The zero-order chi connectivity index (χ0) is 15.3. The van der Waals surface area contributed by atoms with E-state index in [-0.39, 0.29) is 17.6 Å². The first-order chi connectivity index (χ1) is 9.44. The minimum absolute atomic E-state index is 0.147. The summed E-state index contributed by atoms with van der Waals surface area (Å²) in [6.07, 6.45) is 2.87. The predicted octanol–water partition coefficient (Wildman–Crippen LogP) is 0.225. The Kier molecular flexibility index (Phi) is 5.31. The highest BCUT2D eigenvalue weighted by Crippen LogP contribution is 2.30. The fourth-order valence-corrected chi connectivity index (χ4v) is 1.92. The van der Waals surface area contributed by atoms with Crippen LogP contribution in [0.5, 0.6) is 0 Å². The molecule has 0 spiro atoms. The van der Waals surface area contributed by atoms with Crippen LogP contribution in [0.3, 0.4) is 0 Å². The van der Waals surface area contributed by atoms with Crippen molar-refractivity contribution in [1.82, 2.24) is 4.90 Å². The van der Waals surface area contributed by atoms with Crippen molar-refractivity contribution in [2.45, 2.75) is 6.42 Å². The van der Waals surface area contributed by atoms with Gasteiger partial charge < -0.3 is 19.1 Å². The molecule has 1 rings (SSSR count). The quantitative estimate of drug-likeness (QED) is 0.539. The first-order valence-electron chi connectivity index (χ1n) is 5.83. The van der Waals surface area contributed by atoms with Gasteiger partial charge in [-0.2, -0.15) is 0 Å². The maximum Gasteiger partial charge on any atom is 0.335 e. The van der Waals surface area contributed by atoms with Crippen LogP contribution in [0.1, 0.15) is 6.42 Å². The van der Waals surface area contributed by atoms with Crippen molar-refractivity contribution in [1.29, 1.82) is 0 Å². The molecule has 1 aliphatic heterocycles. The van der Waals surface area contributed by atoms with Gasteiger partial charge in [-0.15, -0.1) is 0 Å². The van der Waals surface area contributed by atoms with E-state index in [2.05, 4.69) is 14.2 Å². The molecule has 1 aliphatic rings. The van der Waals surface area contributed by atoms with Gasteiger partial charge in [0.25, 0.3) is 0 Å². The van der Waals surface area contributed by atoms with Crippen molar-refractivity contribution in [3.05, 3.63) is 23.5 Å². The van der Waals surface area contributed by atoms with Gasteiger partial charge in [-0.05, 0) is 0 Å². The van der Waals surface area contributed by atoms with Gasteiger partial charge >= 0.3 is 17.9 Å². The zero-order valence-corrected chi connectivity index (χ0v) is 11.8. The first-order valence-corrected chi connectivity index (χ1v) is 5.83. The molecule has 0 unspecified atom stereocenters. The topological polar surface area (TPSA) is 82.1 Å². The Morgan fingerprint density at radius 3 is 1.80 bits per heavy atom. The van der Waals surface area contributed by atoms with E-state index in [9.17, 15) is 14.4 Å². The molecule has 7 heteroatoms. The average molecular weight is 283 g/mol. The SMILES string of the molecule is COC(=O)CC1C(C(=O)OC)=CN(C)C=C1C(=O)OC. The maximum atomic E-state index is 11.8. The second-order valence-electron chi connectivity index (χ2n) is 4.15. The Bertz CT molecular complexity index is 445. The second-order valence-corrected chi connectivity index (χ2v) is 4.15. The van der Waals surface area contributed by atoms with Gasteiger partial charge in [0, 0.05) is 25.4 Å². The number of nitrogens with zero attached hydrogens (tertiary/aromatic N) is 1. The minimum Gasteiger partial charge on any atom is -0.469 e. The lowest BCUT2D eigenvalue weighted by molar-refractivity contribution is -0.142. The predicted molar refractivity (Wildman–Crippen MR) is 68.1 cm³/mol. The summed E-state index contributed by atoms with van der Waals surface area (Å²) < 4.78 is 14.0. The Hall–Kier alpha value is -2.31. The molecule has 20 heavy (non-hydrogen) atoms. The van der Waals surface area contributed by atoms with Crippen LogP contribution in [-0.4, -0.2) is 51.2 Å². The summed E-state index contributed by atoms with van der Waals surface area (Å²) in [4.78, 5) is 36.6. The number of hydrogen-bond acceptors (Lipinski definition) is 7. The van der Waals surface area contributed by atoms with Gasteiger partial charge in [-0.3, -0.25) is 4.79 Å². The molecule has 110 valence electrons. The Morgan fingerprint density at radius 1 is 1.00 bits per heavy atom. The van der Waals surface area contributed by atoms with E-state index in [1.165, 1.54) is 38.6 Å². The number of esters is 3. The number of ether oxygens (including phenoxy) is 3. The van der Waals surface area contributed by atoms with Crippen LogP contribution in [0.15, 0.2) is 23.5 Å². The number of carbonyl (C=O) groups excluding carboxylic acids is 3. The summed E-state index contributed by atoms with van der Waals surface area (Å²) in [5.74, 6) is -2.51. The van der Waals surface area contributed by atoms with Crippen LogP contribution in [0, 0.1) is 5.92 Å². The molecule has 0 aromatic rings. The fourth-order valence-electron chi connectivity index (χ4n) is 1.92. The summed E-state index contributed by atoms with van der Waals surface area (Å²) in [5, 5.41) is 0. The van der Waals surface area contributed by atoms with Crippen LogP contribution in [0.25, 0.3) is 0 Å². The Labute approximate surface area is 116 Å². The molecule has 0 aromatic heterocycles. The van der Waals surface area contributed by atoms with Gasteiger partial charge in [0.05, 0.1) is 38.9 Å². The molecule has 1 heterocycles. The number of methoxy groups -OCH3 is 3. The van der Waals surface area contributed by atoms with Crippen molar-refractivity contribution >= 4 is 17.9 Å². The molecule has 0 fully saturated rings. The maximum absolute atomic E-state index is 11.8. The summed E-state index contributed by atoms with van der Waals surface area (Å²) in [6, 6.07) is 0. The zero-order valence-electron chi connectivity index (χ0n) is 11.8. The van der Waals surface area contributed by atoms with Crippen molar-refractivity contribution < 1.29 is 28.6 Å². The lowest BCUT2D eigenvalue weighted by Gasteiger charge is -2.26. The van der Waals surface area contributed by atoms with Crippen molar-refractivity contribution in [2.75, 3.05) is 28.4 Å². The van der Waals surface area contributed by atoms with Gasteiger partial charge in [0.1, 0.15) is 0 Å². The van der Waals surface area contributed by atoms with Crippen molar-refractivity contribution in [2.24, 2.45) is 5.92 Å². The third-order valence-corrected chi connectivity index (χ3v) is 2.88. The highest BCUT2D eigenvalue weighted by molar-refractivity contribution is 5.97. The Morgan fingerprint density at radius 2 is 1.45 bits per heavy atom. The number of hydrogen-bond donors (Lipinski definition) is 0. The molecule has 0 saturated heterocycles. The molecule has 0 atom stereocenters. The third kappa shape index (κ3) is 3.37. The highest BCUT2D eigenvalue weighted by Gasteiger charge is 2.35. The molecule has 7 nitrogen and oxygen atoms in total. The van der Waals surface area contributed by atoms with Crippen molar-refractivity contribution in [3.63, 3.8) is 0 Å². The summed E-state index contributed by atoms with van der Waals surface area (Å²) >= 11 is 0. The normalized spacial score (nSPS) is 15.1. The fraction of sp³-hybridized carbons (Fsp3) is 0.462. The smallest absolute Gasteiger partial charge is 0.335 e. The van der Waals surface area contributed by atoms with E-state index in [1.54, 1.807) is 7.05 Å². The molecule has 0 aromatic carbocycles. The van der Waals surface area contributed by atoms with E-state index in [0.29, 0.717) is 0 Å².